The fourth-order valence-electron chi connectivity index (χ4n) is 1.47. The second-order valence-corrected chi connectivity index (χ2v) is 5.17. The van der Waals surface area contributed by atoms with E-state index >= 15 is 0 Å². The second kappa shape index (κ2) is 3.91. The minimum absolute atomic E-state index is 0.949. The molecular weight excluding hydrogens is 260 g/mol. The third kappa shape index (κ3) is 1.66. The highest BCUT2D eigenvalue weighted by atomic mass is 79.9. The zero-order valence-corrected chi connectivity index (χ0v) is 10.5. The lowest BCUT2D eigenvalue weighted by molar-refractivity contribution is 0.419. The van der Waals surface area contributed by atoms with Gasteiger partial charge in [0.2, 0.25) is 0 Å². The number of ether oxygens (including phenoxy) is 1. The van der Waals surface area contributed by atoms with Crippen LogP contribution in [-0.4, -0.2) is 7.11 Å². The van der Waals surface area contributed by atoms with Gasteiger partial charge < -0.3 is 4.74 Å². The van der Waals surface area contributed by atoms with Crippen LogP contribution < -0.4 is 4.74 Å². The topological polar surface area (TPSA) is 9.23 Å². The van der Waals surface area contributed by atoms with E-state index in [1.807, 2.05) is 17.4 Å². The minimum atomic E-state index is 0.949. The molecule has 0 aliphatic heterocycles. The Balaban J connectivity index is 2.71. The molecule has 0 radical (unpaired) electrons. The first-order valence-electron chi connectivity index (χ1n) is 4.50. The number of aryl methyl sites for hydroxylation is 1. The van der Waals surface area contributed by atoms with Crippen LogP contribution in [-0.2, 0) is 6.42 Å². The van der Waals surface area contributed by atoms with Crippen LogP contribution in [0.25, 0.3) is 10.1 Å². The summed E-state index contributed by atoms with van der Waals surface area (Å²) in [5.41, 5.74) is 0. The monoisotopic (exact) mass is 270 g/mol. The van der Waals surface area contributed by atoms with Crippen molar-refractivity contribution in [1.82, 2.24) is 0 Å². The van der Waals surface area contributed by atoms with Crippen LogP contribution >= 0.6 is 27.3 Å². The van der Waals surface area contributed by atoms with Crippen molar-refractivity contribution in [3.05, 3.63) is 27.5 Å². The lowest BCUT2D eigenvalue weighted by Crippen LogP contribution is -1.82. The maximum Gasteiger partial charge on any atom is 0.128 e. The van der Waals surface area contributed by atoms with Crippen molar-refractivity contribution in [1.29, 1.82) is 0 Å². The molecule has 2 rings (SSSR count). The van der Waals surface area contributed by atoms with E-state index in [0.717, 1.165) is 16.6 Å². The van der Waals surface area contributed by atoms with E-state index in [1.54, 1.807) is 7.11 Å². The molecule has 0 N–H and O–H groups in total. The van der Waals surface area contributed by atoms with E-state index in [-0.39, 0.29) is 0 Å². The number of benzene rings is 1. The molecule has 0 aliphatic rings. The van der Waals surface area contributed by atoms with Crippen molar-refractivity contribution in [3.63, 3.8) is 0 Å². The second-order valence-electron chi connectivity index (χ2n) is 3.09. The zero-order chi connectivity index (χ0) is 10.1. The molecule has 0 spiro atoms. The van der Waals surface area contributed by atoms with Gasteiger partial charge in [0.05, 0.1) is 7.11 Å². The Morgan fingerprint density at radius 3 is 2.79 bits per heavy atom. The number of hydrogen-bond donors (Lipinski definition) is 0. The van der Waals surface area contributed by atoms with Gasteiger partial charge in [-0.1, -0.05) is 22.9 Å². The average Bonchev–Trinajstić information content (AvgIpc) is 2.59. The SMILES string of the molecule is CCc1cc2c(OC)cc(Br)cc2s1. The van der Waals surface area contributed by atoms with Crippen molar-refractivity contribution in [2.45, 2.75) is 13.3 Å². The number of thiophene rings is 1. The van der Waals surface area contributed by atoms with E-state index in [9.17, 15) is 0 Å². The van der Waals surface area contributed by atoms with Crippen molar-refractivity contribution >= 4 is 37.4 Å². The first-order valence-corrected chi connectivity index (χ1v) is 6.11. The molecule has 0 amide bonds. The van der Waals surface area contributed by atoms with Gasteiger partial charge in [-0.25, -0.2) is 0 Å². The molecule has 74 valence electrons. The Morgan fingerprint density at radius 2 is 2.14 bits per heavy atom. The van der Waals surface area contributed by atoms with Gasteiger partial charge in [0.25, 0.3) is 0 Å². The minimum Gasteiger partial charge on any atom is -0.496 e. The summed E-state index contributed by atoms with van der Waals surface area (Å²) >= 11 is 5.31. The van der Waals surface area contributed by atoms with Crippen LogP contribution in [0.4, 0.5) is 0 Å². The summed E-state index contributed by atoms with van der Waals surface area (Å²) < 4.78 is 7.70. The fourth-order valence-corrected chi connectivity index (χ4v) is 3.12. The zero-order valence-electron chi connectivity index (χ0n) is 8.13. The van der Waals surface area contributed by atoms with Crippen molar-refractivity contribution in [2.75, 3.05) is 7.11 Å². The van der Waals surface area contributed by atoms with Crippen LogP contribution in [0.3, 0.4) is 0 Å². The lowest BCUT2D eigenvalue weighted by Gasteiger charge is -2.01. The molecule has 1 heterocycles. The Morgan fingerprint density at radius 1 is 1.36 bits per heavy atom. The molecular formula is C11H11BrOS. The summed E-state index contributed by atoms with van der Waals surface area (Å²) in [5, 5.41) is 1.22. The lowest BCUT2D eigenvalue weighted by atomic mass is 10.2. The van der Waals surface area contributed by atoms with Gasteiger partial charge in [0.15, 0.2) is 0 Å². The third-order valence-corrected chi connectivity index (χ3v) is 3.87. The molecule has 3 heteroatoms. The van der Waals surface area contributed by atoms with Crippen LogP contribution in [0, 0.1) is 0 Å². The highest BCUT2D eigenvalue weighted by Crippen LogP contribution is 2.35. The van der Waals surface area contributed by atoms with E-state index < -0.39 is 0 Å². The van der Waals surface area contributed by atoms with Gasteiger partial charge in [0.1, 0.15) is 5.75 Å². The molecule has 0 saturated heterocycles. The van der Waals surface area contributed by atoms with Gasteiger partial charge in [-0.2, -0.15) is 0 Å². The Kier molecular flexibility index (Phi) is 2.79. The Hall–Kier alpha value is -0.540. The van der Waals surface area contributed by atoms with Gasteiger partial charge in [-0.15, -0.1) is 11.3 Å². The molecule has 0 aliphatic carbocycles. The number of fused-ring (bicyclic) bond motifs is 1. The Bertz CT molecular complexity index is 462. The molecule has 1 nitrogen and oxygen atoms in total. The number of rotatable bonds is 2. The van der Waals surface area contributed by atoms with E-state index in [1.165, 1.54) is 15.0 Å². The molecule has 0 fully saturated rings. The summed E-state index contributed by atoms with van der Waals surface area (Å²) in [5.74, 6) is 0.949. The molecule has 0 atom stereocenters. The van der Waals surface area contributed by atoms with Gasteiger partial charge >= 0.3 is 0 Å². The Labute approximate surface area is 95.8 Å². The van der Waals surface area contributed by atoms with E-state index in [4.69, 9.17) is 4.74 Å². The quantitative estimate of drug-likeness (QED) is 0.794. The first kappa shape index (κ1) is 9.99. The highest BCUT2D eigenvalue weighted by Gasteiger charge is 2.07. The van der Waals surface area contributed by atoms with Gasteiger partial charge in [-0.3, -0.25) is 0 Å². The predicted molar refractivity (Wildman–Crippen MR) is 65.5 cm³/mol. The molecule has 0 saturated carbocycles. The van der Waals surface area contributed by atoms with E-state index in [0.29, 0.717) is 0 Å². The van der Waals surface area contributed by atoms with Crippen LogP contribution in [0.1, 0.15) is 11.8 Å². The first-order chi connectivity index (χ1) is 6.74. The van der Waals surface area contributed by atoms with E-state index in [2.05, 4.69) is 35.0 Å². The molecule has 0 unspecified atom stereocenters. The summed E-state index contributed by atoms with van der Waals surface area (Å²) in [4.78, 5) is 1.40. The van der Waals surface area contributed by atoms with Crippen molar-refractivity contribution < 1.29 is 4.74 Å². The number of halogens is 1. The summed E-state index contributed by atoms with van der Waals surface area (Å²) in [7, 11) is 1.71. The maximum absolute atomic E-state index is 5.34. The van der Waals surface area contributed by atoms with Crippen LogP contribution in [0.15, 0.2) is 22.7 Å². The fraction of sp³-hybridized carbons (Fsp3) is 0.273. The molecule has 2 aromatic rings. The highest BCUT2D eigenvalue weighted by molar-refractivity contribution is 9.10. The maximum atomic E-state index is 5.34. The largest absolute Gasteiger partial charge is 0.496 e. The van der Waals surface area contributed by atoms with Crippen molar-refractivity contribution in [2.24, 2.45) is 0 Å². The summed E-state index contributed by atoms with van der Waals surface area (Å²) in [6.07, 6.45) is 1.08. The summed E-state index contributed by atoms with van der Waals surface area (Å²) in [6, 6.07) is 6.36. The standard InChI is InChI=1S/C11H11BrOS/c1-3-8-6-9-10(13-2)4-7(12)5-11(9)14-8/h4-6H,3H2,1-2H3. The summed E-state index contributed by atoms with van der Waals surface area (Å²) in [6.45, 7) is 2.17. The number of hydrogen-bond acceptors (Lipinski definition) is 2. The van der Waals surface area contributed by atoms with Crippen LogP contribution in [0.2, 0.25) is 0 Å². The van der Waals surface area contributed by atoms with Crippen molar-refractivity contribution in [3.8, 4) is 5.75 Å². The smallest absolute Gasteiger partial charge is 0.128 e. The average molecular weight is 271 g/mol. The van der Waals surface area contributed by atoms with Gasteiger partial charge in [-0.05, 0) is 24.6 Å². The molecule has 14 heavy (non-hydrogen) atoms. The molecule has 0 bridgehead atoms. The molecule has 1 aromatic carbocycles. The predicted octanol–water partition coefficient (Wildman–Crippen LogP) is 4.23. The van der Waals surface area contributed by atoms with Gasteiger partial charge in [0, 0.05) is 19.4 Å². The third-order valence-electron chi connectivity index (χ3n) is 2.18. The van der Waals surface area contributed by atoms with Crippen LogP contribution in [0.5, 0.6) is 5.75 Å². The molecule has 1 aromatic heterocycles. The normalized spacial score (nSPS) is 10.8. The number of methoxy groups -OCH3 is 1.